The molecule has 1 aromatic carbocycles. The first-order valence-corrected chi connectivity index (χ1v) is 12.1. The standard InChI is InChI=1S/C22H30N4O5S/c1-16(2)23-22(28)25(4)17-8-10-18(11-9-17)31-21(27)20-14-19(15-24(20)3)32(29,30)26-12-6-5-7-13-26/h8-11,14-16H,5-7,12-13H2,1-4H3,(H,23,28). The Morgan fingerprint density at radius 1 is 1.09 bits per heavy atom. The molecular formula is C22H30N4O5S. The van der Waals surface area contributed by atoms with Gasteiger partial charge in [0, 0.05) is 45.1 Å². The summed E-state index contributed by atoms with van der Waals surface area (Å²) >= 11 is 0. The summed E-state index contributed by atoms with van der Waals surface area (Å²) in [4.78, 5) is 26.3. The molecule has 9 nitrogen and oxygen atoms in total. The van der Waals surface area contributed by atoms with Crippen LogP contribution in [-0.2, 0) is 17.1 Å². The van der Waals surface area contributed by atoms with Gasteiger partial charge >= 0.3 is 12.0 Å². The minimum Gasteiger partial charge on any atom is -0.422 e. The van der Waals surface area contributed by atoms with Crippen molar-refractivity contribution < 1.29 is 22.7 Å². The van der Waals surface area contributed by atoms with E-state index < -0.39 is 16.0 Å². The van der Waals surface area contributed by atoms with Gasteiger partial charge in [0.2, 0.25) is 10.0 Å². The normalized spacial score (nSPS) is 14.9. The molecule has 2 amide bonds. The van der Waals surface area contributed by atoms with Crippen LogP contribution in [0, 0.1) is 0 Å². The van der Waals surface area contributed by atoms with Crippen molar-refractivity contribution in [2.75, 3.05) is 25.0 Å². The number of nitrogens with zero attached hydrogens (tertiary/aromatic N) is 3. The third kappa shape index (κ3) is 5.31. The lowest BCUT2D eigenvalue weighted by molar-refractivity contribution is 0.0724. The molecular weight excluding hydrogens is 432 g/mol. The fourth-order valence-electron chi connectivity index (χ4n) is 3.49. The Balaban J connectivity index is 1.70. The van der Waals surface area contributed by atoms with E-state index in [-0.39, 0.29) is 28.4 Å². The van der Waals surface area contributed by atoms with Gasteiger partial charge in [-0.3, -0.25) is 4.90 Å². The van der Waals surface area contributed by atoms with Gasteiger partial charge < -0.3 is 14.6 Å². The zero-order valence-electron chi connectivity index (χ0n) is 18.9. The number of amides is 2. The van der Waals surface area contributed by atoms with Crippen LogP contribution in [0.15, 0.2) is 41.4 Å². The molecule has 1 aromatic heterocycles. The van der Waals surface area contributed by atoms with Crippen LogP contribution in [0.25, 0.3) is 0 Å². The van der Waals surface area contributed by atoms with E-state index in [1.807, 2.05) is 13.8 Å². The number of esters is 1. The number of nitrogens with one attached hydrogen (secondary N) is 1. The van der Waals surface area contributed by atoms with Crippen LogP contribution >= 0.6 is 0 Å². The van der Waals surface area contributed by atoms with Crippen LogP contribution < -0.4 is 15.0 Å². The zero-order valence-corrected chi connectivity index (χ0v) is 19.7. The first-order valence-electron chi connectivity index (χ1n) is 10.6. The maximum atomic E-state index is 12.9. The van der Waals surface area contributed by atoms with Gasteiger partial charge in [-0.15, -0.1) is 0 Å². The number of carbonyl (C=O) groups excluding carboxylic acids is 2. The minimum absolute atomic E-state index is 0.0130. The smallest absolute Gasteiger partial charge is 0.360 e. The minimum atomic E-state index is -3.64. The highest BCUT2D eigenvalue weighted by Crippen LogP contribution is 2.24. The Morgan fingerprint density at radius 3 is 2.31 bits per heavy atom. The van der Waals surface area contributed by atoms with E-state index in [1.165, 1.54) is 26.0 Å². The molecule has 1 aliphatic rings. The van der Waals surface area contributed by atoms with E-state index in [2.05, 4.69) is 5.32 Å². The van der Waals surface area contributed by atoms with Crippen molar-refractivity contribution in [2.24, 2.45) is 7.05 Å². The third-order valence-corrected chi connectivity index (χ3v) is 7.16. The summed E-state index contributed by atoms with van der Waals surface area (Å²) < 4.78 is 34.1. The number of ether oxygens (including phenoxy) is 1. The number of anilines is 1. The second-order valence-electron chi connectivity index (χ2n) is 8.18. The fraction of sp³-hybridized carbons (Fsp3) is 0.455. The van der Waals surface area contributed by atoms with Gasteiger partial charge in [0.25, 0.3) is 0 Å². The Labute approximate surface area is 189 Å². The Hall–Kier alpha value is -2.85. The topological polar surface area (TPSA) is 101 Å². The molecule has 0 radical (unpaired) electrons. The van der Waals surface area contributed by atoms with E-state index in [0.717, 1.165) is 19.3 Å². The molecule has 1 N–H and O–H groups in total. The predicted molar refractivity (Wildman–Crippen MR) is 121 cm³/mol. The van der Waals surface area contributed by atoms with Crippen molar-refractivity contribution >= 4 is 27.7 Å². The van der Waals surface area contributed by atoms with Gasteiger partial charge in [0.1, 0.15) is 16.3 Å². The summed E-state index contributed by atoms with van der Waals surface area (Å²) in [5.74, 6) is -0.371. The molecule has 1 fully saturated rings. The highest BCUT2D eigenvalue weighted by Gasteiger charge is 2.29. The molecule has 0 bridgehead atoms. The van der Waals surface area contributed by atoms with Gasteiger partial charge in [-0.2, -0.15) is 4.31 Å². The molecule has 1 aliphatic heterocycles. The van der Waals surface area contributed by atoms with Crippen molar-refractivity contribution in [1.29, 1.82) is 0 Å². The van der Waals surface area contributed by atoms with E-state index >= 15 is 0 Å². The van der Waals surface area contributed by atoms with Gasteiger partial charge in [-0.1, -0.05) is 6.42 Å². The number of piperidine rings is 1. The summed E-state index contributed by atoms with van der Waals surface area (Å²) in [6.45, 7) is 4.74. The zero-order chi connectivity index (χ0) is 23.5. The van der Waals surface area contributed by atoms with Gasteiger partial charge in [0.15, 0.2) is 0 Å². The van der Waals surface area contributed by atoms with Crippen LogP contribution in [-0.4, -0.2) is 55.5 Å². The number of benzene rings is 1. The van der Waals surface area contributed by atoms with Crippen LogP contribution in [0.1, 0.15) is 43.6 Å². The molecule has 0 spiro atoms. The Kier molecular flexibility index (Phi) is 7.25. The van der Waals surface area contributed by atoms with Gasteiger partial charge in [-0.05, 0) is 57.0 Å². The van der Waals surface area contributed by atoms with Crippen LogP contribution in [0.4, 0.5) is 10.5 Å². The lowest BCUT2D eigenvalue weighted by Crippen LogP contribution is -2.40. The molecule has 3 rings (SSSR count). The largest absolute Gasteiger partial charge is 0.422 e. The summed E-state index contributed by atoms with van der Waals surface area (Å²) in [5, 5.41) is 2.80. The molecule has 2 heterocycles. The van der Waals surface area contributed by atoms with E-state index in [1.54, 1.807) is 38.4 Å². The second-order valence-corrected chi connectivity index (χ2v) is 10.1. The lowest BCUT2D eigenvalue weighted by atomic mass is 10.2. The van der Waals surface area contributed by atoms with Crippen LogP contribution in [0.2, 0.25) is 0 Å². The quantitative estimate of drug-likeness (QED) is 0.525. The maximum Gasteiger partial charge on any atom is 0.360 e. The molecule has 1 saturated heterocycles. The van der Waals surface area contributed by atoms with Gasteiger partial charge in [-0.25, -0.2) is 18.0 Å². The molecule has 0 saturated carbocycles. The molecule has 0 atom stereocenters. The first kappa shape index (κ1) is 23.8. The number of sulfonamides is 1. The van der Waals surface area contributed by atoms with Gasteiger partial charge in [0.05, 0.1) is 0 Å². The molecule has 174 valence electrons. The number of aromatic nitrogens is 1. The van der Waals surface area contributed by atoms with Crippen molar-refractivity contribution in [2.45, 2.75) is 44.0 Å². The maximum absolute atomic E-state index is 12.9. The molecule has 0 aliphatic carbocycles. The third-order valence-electron chi connectivity index (χ3n) is 5.29. The average molecular weight is 463 g/mol. The lowest BCUT2D eigenvalue weighted by Gasteiger charge is -2.25. The first-order chi connectivity index (χ1) is 15.1. The molecule has 2 aromatic rings. The molecule has 10 heteroatoms. The monoisotopic (exact) mass is 462 g/mol. The second kappa shape index (κ2) is 9.74. The summed E-state index contributed by atoms with van der Waals surface area (Å²) in [6.07, 6.45) is 4.14. The van der Waals surface area contributed by atoms with E-state index in [9.17, 15) is 18.0 Å². The number of urea groups is 1. The SMILES string of the molecule is CC(C)NC(=O)N(C)c1ccc(OC(=O)c2cc(S(=O)(=O)N3CCCCC3)cn2C)cc1. The summed E-state index contributed by atoms with van der Waals surface area (Å²) in [5.41, 5.74) is 0.773. The predicted octanol–water partition coefficient (Wildman–Crippen LogP) is 2.97. The van der Waals surface area contributed by atoms with Crippen molar-refractivity contribution in [3.63, 3.8) is 0 Å². The molecule has 32 heavy (non-hydrogen) atoms. The van der Waals surface area contributed by atoms with Crippen molar-refractivity contribution in [3.05, 3.63) is 42.2 Å². The van der Waals surface area contributed by atoms with Crippen molar-refractivity contribution in [1.82, 2.24) is 14.2 Å². The molecule has 0 unspecified atom stereocenters. The Bertz CT molecular complexity index is 1070. The summed E-state index contributed by atoms with van der Waals surface area (Å²) in [6, 6.07) is 7.63. The number of aryl methyl sites for hydroxylation is 1. The number of hydrogen-bond donors (Lipinski definition) is 1. The van der Waals surface area contributed by atoms with Crippen molar-refractivity contribution in [3.8, 4) is 5.75 Å². The highest BCUT2D eigenvalue weighted by atomic mass is 32.2. The highest BCUT2D eigenvalue weighted by molar-refractivity contribution is 7.89. The van der Waals surface area contributed by atoms with Crippen LogP contribution in [0.3, 0.4) is 0 Å². The Morgan fingerprint density at radius 2 is 1.72 bits per heavy atom. The number of hydrogen-bond acceptors (Lipinski definition) is 5. The fourth-order valence-corrected chi connectivity index (χ4v) is 5.08. The van der Waals surface area contributed by atoms with E-state index in [4.69, 9.17) is 4.74 Å². The number of carbonyl (C=O) groups is 2. The number of rotatable bonds is 6. The summed E-state index contributed by atoms with van der Waals surface area (Å²) in [7, 11) is -0.387. The van der Waals surface area contributed by atoms with Crippen LogP contribution in [0.5, 0.6) is 5.75 Å². The average Bonchev–Trinajstić information content (AvgIpc) is 3.16. The van der Waals surface area contributed by atoms with E-state index in [0.29, 0.717) is 18.8 Å².